The Kier molecular flexibility index (Phi) is 9.21. The number of sulfonamides is 1. The predicted octanol–water partition coefficient (Wildman–Crippen LogP) is 5.75. The monoisotopic (exact) mass is 604 g/mol. The molecule has 1 fully saturated rings. The number of nitrogens with zero attached hydrogens (tertiary/aromatic N) is 4. The van der Waals surface area contributed by atoms with Gasteiger partial charge in [-0.25, -0.2) is 8.42 Å². The number of benzene rings is 2. The number of nitrogens with one attached hydrogen (secondary N) is 2. The van der Waals surface area contributed by atoms with Crippen molar-refractivity contribution in [1.82, 2.24) is 19.3 Å². The average Bonchev–Trinajstić information content (AvgIpc) is 3.21. The minimum Gasteiger partial charge on any atom is -0.454 e. The van der Waals surface area contributed by atoms with Gasteiger partial charge in [0.25, 0.3) is 0 Å². The maximum absolute atomic E-state index is 13.1. The second-order valence-corrected chi connectivity index (χ2v) is 11.1. The van der Waals surface area contributed by atoms with E-state index in [9.17, 15) is 34.8 Å². The summed E-state index contributed by atoms with van der Waals surface area (Å²) in [5.74, 6) is -0.592. The van der Waals surface area contributed by atoms with Crippen LogP contribution in [0.3, 0.4) is 0 Å². The maximum Gasteiger partial charge on any atom is 0.422 e. The highest BCUT2D eigenvalue weighted by molar-refractivity contribution is 7.89. The summed E-state index contributed by atoms with van der Waals surface area (Å²) in [6, 6.07) is 9.43. The first-order valence-electron chi connectivity index (χ1n) is 12.5. The predicted molar refractivity (Wildman–Crippen MR) is 137 cm³/mol. The van der Waals surface area contributed by atoms with Crippen molar-refractivity contribution in [3.63, 3.8) is 0 Å². The zero-order chi connectivity index (χ0) is 29.7. The molecule has 1 aromatic heterocycles. The van der Waals surface area contributed by atoms with Gasteiger partial charge in [-0.2, -0.15) is 45.6 Å². The van der Waals surface area contributed by atoms with Gasteiger partial charge in [0, 0.05) is 25.3 Å². The van der Waals surface area contributed by atoms with Crippen molar-refractivity contribution in [3.05, 3.63) is 59.7 Å². The molecule has 41 heavy (non-hydrogen) atoms. The van der Waals surface area contributed by atoms with Gasteiger partial charge >= 0.3 is 18.4 Å². The number of aromatic nitrogens is 3. The van der Waals surface area contributed by atoms with E-state index < -0.39 is 40.6 Å². The Balaban J connectivity index is 1.50. The van der Waals surface area contributed by atoms with Crippen molar-refractivity contribution in [2.75, 3.05) is 30.3 Å². The summed E-state index contributed by atoms with van der Waals surface area (Å²) in [4.78, 5) is 11.7. The highest BCUT2D eigenvalue weighted by Gasteiger charge is 2.31. The fraction of sp³-hybridized carbons (Fsp3) is 0.400. The van der Waals surface area contributed by atoms with Crippen LogP contribution in [-0.4, -0.2) is 53.5 Å². The molecule has 1 aliphatic heterocycles. The summed E-state index contributed by atoms with van der Waals surface area (Å²) >= 11 is 0. The zero-order valence-corrected chi connectivity index (χ0v) is 22.3. The van der Waals surface area contributed by atoms with E-state index in [4.69, 9.17) is 0 Å². The lowest BCUT2D eigenvalue weighted by Crippen LogP contribution is -2.31. The van der Waals surface area contributed by atoms with Crippen LogP contribution in [-0.2, 0) is 22.7 Å². The van der Waals surface area contributed by atoms with Crippen LogP contribution in [0.15, 0.2) is 53.4 Å². The standard InChI is InChI=1S/C25H26F6N6O3S/c26-24(27,28)16-40-23-35-21(34-22(36-23)33-19-7-5-6-18(14-19)25(29,30)31)32-15-17-8-10-20(11-9-17)41(38,39)37-12-3-1-2-4-13-37/h5-11,14H,1-4,12-13,15-16H2,(H2,32,33,34,35,36). The number of halogens is 6. The van der Waals surface area contributed by atoms with Crippen LogP contribution in [0.25, 0.3) is 0 Å². The summed E-state index contributed by atoms with van der Waals surface area (Å²) < 4.78 is 109. The fourth-order valence-corrected chi connectivity index (χ4v) is 5.51. The topological polar surface area (TPSA) is 109 Å². The first-order valence-corrected chi connectivity index (χ1v) is 14.0. The fourth-order valence-electron chi connectivity index (χ4n) is 4.00. The van der Waals surface area contributed by atoms with Gasteiger partial charge < -0.3 is 15.4 Å². The van der Waals surface area contributed by atoms with Crippen molar-refractivity contribution < 1.29 is 39.5 Å². The van der Waals surface area contributed by atoms with E-state index in [-0.39, 0.29) is 29.0 Å². The molecule has 0 aliphatic carbocycles. The van der Waals surface area contributed by atoms with Crippen LogP contribution in [0.4, 0.5) is 43.9 Å². The summed E-state index contributed by atoms with van der Waals surface area (Å²) in [5.41, 5.74) is -0.421. The number of rotatable bonds is 9. The van der Waals surface area contributed by atoms with Crippen LogP contribution in [0.5, 0.6) is 6.01 Å². The van der Waals surface area contributed by atoms with Crippen LogP contribution in [0.1, 0.15) is 36.8 Å². The molecule has 0 amide bonds. The minimum absolute atomic E-state index is 0.0375. The molecule has 222 valence electrons. The highest BCUT2D eigenvalue weighted by Crippen LogP contribution is 2.31. The van der Waals surface area contributed by atoms with Gasteiger partial charge in [0.2, 0.25) is 21.9 Å². The Labute approximate surface area is 232 Å². The molecule has 16 heteroatoms. The summed E-state index contributed by atoms with van der Waals surface area (Å²) in [6.45, 7) is -0.747. The molecule has 2 N–H and O–H groups in total. The molecule has 9 nitrogen and oxygen atoms in total. The molecule has 2 aromatic carbocycles. The number of hydrogen-bond acceptors (Lipinski definition) is 8. The van der Waals surface area contributed by atoms with E-state index in [0.29, 0.717) is 18.7 Å². The molecule has 1 saturated heterocycles. The summed E-state index contributed by atoms with van der Waals surface area (Å²) in [6.07, 6.45) is -5.75. The summed E-state index contributed by atoms with van der Waals surface area (Å²) in [5, 5.41) is 5.30. The Bertz CT molecular complexity index is 1430. The molecule has 4 rings (SSSR count). The van der Waals surface area contributed by atoms with E-state index in [2.05, 4.69) is 30.3 Å². The first-order chi connectivity index (χ1) is 19.3. The zero-order valence-electron chi connectivity index (χ0n) is 21.5. The normalized spacial score (nSPS) is 15.3. The van der Waals surface area contributed by atoms with E-state index in [1.54, 1.807) is 12.1 Å². The van der Waals surface area contributed by atoms with Gasteiger partial charge in [-0.15, -0.1) is 0 Å². The highest BCUT2D eigenvalue weighted by atomic mass is 32.2. The van der Waals surface area contributed by atoms with E-state index in [1.807, 2.05) is 0 Å². The molecule has 0 radical (unpaired) electrons. The Hall–Kier alpha value is -3.66. The number of hydrogen-bond donors (Lipinski definition) is 2. The van der Waals surface area contributed by atoms with E-state index in [1.165, 1.54) is 22.5 Å². The third-order valence-electron chi connectivity index (χ3n) is 6.00. The first kappa shape index (κ1) is 30.3. The lowest BCUT2D eigenvalue weighted by molar-refractivity contribution is -0.154. The van der Waals surface area contributed by atoms with Gasteiger partial charge in [0.05, 0.1) is 10.5 Å². The largest absolute Gasteiger partial charge is 0.454 e. The molecule has 1 aliphatic rings. The molecule has 0 unspecified atom stereocenters. The van der Waals surface area contributed by atoms with Gasteiger partial charge in [-0.05, 0) is 48.7 Å². The van der Waals surface area contributed by atoms with Crippen LogP contribution in [0, 0.1) is 0 Å². The third-order valence-corrected chi connectivity index (χ3v) is 7.92. The molecule has 0 saturated carbocycles. The molecular weight excluding hydrogens is 578 g/mol. The van der Waals surface area contributed by atoms with E-state index >= 15 is 0 Å². The smallest absolute Gasteiger partial charge is 0.422 e. The second kappa shape index (κ2) is 12.5. The SMILES string of the molecule is O=S(=O)(c1ccc(CNc2nc(Nc3cccc(C(F)(F)F)c3)nc(OCC(F)(F)F)n2)cc1)N1CCCCCC1. The number of alkyl halides is 6. The molecule has 0 bridgehead atoms. The van der Waals surface area contributed by atoms with Gasteiger partial charge in [0.1, 0.15) is 0 Å². The third kappa shape index (κ3) is 8.66. The second-order valence-electron chi connectivity index (χ2n) is 9.19. The van der Waals surface area contributed by atoms with Crippen molar-refractivity contribution in [2.45, 2.75) is 49.5 Å². The lowest BCUT2D eigenvalue weighted by Gasteiger charge is -2.20. The van der Waals surface area contributed by atoms with Gasteiger partial charge in [-0.1, -0.05) is 31.0 Å². The lowest BCUT2D eigenvalue weighted by atomic mass is 10.2. The van der Waals surface area contributed by atoms with Crippen LogP contribution in [0.2, 0.25) is 0 Å². The Morgan fingerprint density at radius 1 is 0.854 bits per heavy atom. The van der Waals surface area contributed by atoms with Crippen molar-refractivity contribution in [3.8, 4) is 6.01 Å². The van der Waals surface area contributed by atoms with Crippen molar-refractivity contribution in [2.24, 2.45) is 0 Å². The van der Waals surface area contributed by atoms with Gasteiger partial charge in [0.15, 0.2) is 6.61 Å². The van der Waals surface area contributed by atoms with Crippen LogP contribution < -0.4 is 15.4 Å². The summed E-state index contributed by atoms with van der Waals surface area (Å²) in [7, 11) is -3.65. The molecule has 0 spiro atoms. The van der Waals surface area contributed by atoms with Crippen molar-refractivity contribution >= 4 is 27.6 Å². The molecule has 3 aromatic rings. The average molecular weight is 605 g/mol. The molecular formula is C25H26F6N6O3S. The molecule has 2 heterocycles. The molecule has 0 atom stereocenters. The van der Waals surface area contributed by atoms with Crippen LogP contribution >= 0.6 is 0 Å². The number of anilines is 3. The van der Waals surface area contributed by atoms with Crippen molar-refractivity contribution in [1.29, 1.82) is 0 Å². The minimum atomic E-state index is -4.69. The Morgan fingerprint density at radius 3 is 2.15 bits per heavy atom. The van der Waals surface area contributed by atoms with Gasteiger partial charge in [-0.3, -0.25) is 0 Å². The quantitative estimate of drug-likeness (QED) is 0.297. The maximum atomic E-state index is 13.1. The van der Waals surface area contributed by atoms with E-state index in [0.717, 1.165) is 43.9 Å². The number of ether oxygens (including phenoxy) is 1. The Morgan fingerprint density at radius 2 is 1.51 bits per heavy atom.